The largest absolute Gasteiger partial charge is 0.382 e. The summed E-state index contributed by atoms with van der Waals surface area (Å²) < 4.78 is 10.4. The fraction of sp³-hybridized carbons (Fsp3) is 0.812. The molecule has 0 aliphatic carbocycles. The molecule has 122 valence electrons. The molecular formula is C16H30N2O3. The topological polar surface area (TPSA) is 42.0 Å². The molecule has 0 aromatic carbocycles. The van der Waals surface area contributed by atoms with Crippen molar-refractivity contribution in [2.45, 2.75) is 20.3 Å². The summed E-state index contributed by atoms with van der Waals surface area (Å²) in [6.45, 7) is 14.3. The molecule has 1 aliphatic heterocycles. The van der Waals surface area contributed by atoms with Crippen molar-refractivity contribution in [3.63, 3.8) is 0 Å². The van der Waals surface area contributed by atoms with Crippen LogP contribution in [-0.4, -0.2) is 75.4 Å². The highest BCUT2D eigenvalue weighted by molar-refractivity contribution is 5.78. The third-order valence-electron chi connectivity index (χ3n) is 3.74. The van der Waals surface area contributed by atoms with Gasteiger partial charge in [0.2, 0.25) is 5.91 Å². The number of nitrogens with zero attached hydrogens (tertiary/aromatic N) is 2. The molecule has 5 heteroatoms. The maximum Gasteiger partial charge on any atom is 0.225 e. The molecule has 0 N–H and O–H groups in total. The van der Waals surface area contributed by atoms with Crippen LogP contribution in [0.25, 0.3) is 0 Å². The van der Waals surface area contributed by atoms with Gasteiger partial charge in [0, 0.05) is 45.8 Å². The van der Waals surface area contributed by atoms with Gasteiger partial charge < -0.3 is 14.4 Å². The van der Waals surface area contributed by atoms with Crippen LogP contribution in [0.1, 0.15) is 20.3 Å². The van der Waals surface area contributed by atoms with Crippen LogP contribution < -0.4 is 0 Å². The Balaban J connectivity index is 2.19. The second kappa shape index (κ2) is 9.92. The average molecular weight is 298 g/mol. The SMILES string of the molecule is C=C(C)CC(C)C(=O)N1CCN(CCOCCOC)CC1. The van der Waals surface area contributed by atoms with Gasteiger partial charge in [-0.3, -0.25) is 9.69 Å². The van der Waals surface area contributed by atoms with Crippen molar-refractivity contribution in [1.82, 2.24) is 9.80 Å². The van der Waals surface area contributed by atoms with E-state index in [9.17, 15) is 4.79 Å². The smallest absolute Gasteiger partial charge is 0.225 e. The molecule has 0 aromatic heterocycles. The highest BCUT2D eigenvalue weighted by Gasteiger charge is 2.24. The van der Waals surface area contributed by atoms with Crippen molar-refractivity contribution < 1.29 is 14.3 Å². The first-order chi connectivity index (χ1) is 10.0. The molecular weight excluding hydrogens is 268 g/mol. The Kier molecular flexibility index (Phi) is 8.57. The number of piperazine rings is 1. The normalized spacial score (nSPS) is 17.8. The van der Waals surface area contributed by atoms with Crippen molar-refractivity contribution in [2.75, 3.05) is 59.7 Å². The maximum absolute atomic E-state index is 12.3. The van der Waals surface area contributed by atoms with E-state index in [0.717, 1.165) is 51.3 Å². The first-order valence-corrected chi connectivity index (χ1v) is 7.76. The molecule has 5 nitrogen and oxygen atoms in total. The van der Waals surface area contributed by atoms with Crippen LogP contribution in [0, 0.1) is 5.92 Å². The molecule has 0 radical (unpaired) electrons. The Labute approximate surface area is 128 Å². The number of methoxy groups -OCH3 is 1. The highest BCUT2D eigenvalue weighted by atomic mass is 16.5. The van der Waals surface area contributed by atoms with Gasteiger partial charge in [0.15, 0.2) is 0 Å². The van der Waals surface area contributed by atoms with E-state index in [0.29, 0.717) is 13.2 Å². The lowest BCUT2D eigenvalue weighted by Crippen LogP contribution is -2.50. The van der Waals surface area contributed by atoms with Gasteiger partial charge in [-0.2, -0.15) is 0 Å². The van der Waals surface area contributed by atoms with E-state index in [-0.39, 0.29) is 11.8 Å². The summed E-state index contributed by atoms with van der Waals surface area (Å²) in [6.07, 6.45) is 0.784. The summed E-state index contributed by atoms with van der Waals surface area (Å²) in [7, 11) is 1.68. The van der Waals surface area contributed by atoms with Crippen LogP contribution in [0.2, 0.25) is 0 Å². The zero-order chi connectivity index (χ0) is 15.7. The standard InChI is InChI=1S/C16H30N2O3/c1-14(2)13-15(3)16(19)18-7-5-17(6-8-18)9-10-21-12-11-20-4/h15H,1,5-13H2,2-4H3. The molecule has 21 heavy (non-hydrogen) atoms. The Morgan fingerprint density at radius 2 is 1.86 bits per heavy atom. The second-order valence-corrected chi connectivity index (χ2v) is 5.83. The molecule has 1 heterocycles. The van der Waals surface area contributed by atoms with E-state index < -0.39 is 0 Å². The molecule has 1 aliphatic rings. The monoisotopic (exact) mass is 298 g/mol. The van der Waals surface area contributed by atoms with Crippen molar-refractivity contribution in [1.29, 1.82) is 0 Å². The average Bonchev–Trinajstić information content (AvgIpc) is 2.46. The lowest BCUT2D eigenvalue weighted by molar-refractivity contribution is -0.136. The fourth-order valence-corrected chi connectivity index (χ4v) is 2.55. The van der Waals surface area contributed by atoms with Crippen LogP contribution in [-0.2, 0) is 14.3 Å². The van der Waals surface area contributed by atoms with Gasteiger partial charge in [0.1, 0.15) is 0 Å². The van der Waals surface area contributed by atoms with Gasteiger partial charge in [0.05, 0.1) is 19.8 Å². The second-order valence-electron chi connectivity index (χ2n) is 5.83. The number of hydrogen-bond donors (Lipinski definition) is 0. The third-order valence-corrected chi connectivity index (χ3v) is 3.74. The van der Waals surface area contributed by atoms with Crippen LogP contribution in [0.5, 0.6) is 0 Å². The zero-order valence-electron chi connectivity index (χ0n) is 13.8. The van der Waals surface area contributed by atoms with E-state index in [1.807, 2.05) is 18.7 Å². The van der Waals surface area contributed by atoms with Crippen molar-refractivity contribution in [3.05, 3.63) is 12.2 Å². The van der Waals surface area contributed by atoms with Gasteiger partial charge in [0.25, 0.3) is 0 Å². The predicted molar refractivity (Wildman–Crippen MR) is 84.3 cm³/mol. The summed E-state index contributed by atoms with van der Waals surface area (Å²) in [5.41, 5.74) is 1.07. The summed E-state index contributed by atoms with van der Waals surface area (Å²) >= 11 is 0. The molecule has 1 saturated heterocycles. The predicted octanol–water partition coefficient (Wildman–Crippen LogP) is 1.40. The lowest BCUT2D eigenvalue weighted by atomic mass is 10.0. The minimum atomic E-state index is 0.0476. The first kappa shape index (κ1) is 18.1. The molecule has 1 rings (SSSR count). The third kappa shape index (κ3) is 7.07. The van der Waals surface area contributed by atoms with Crippen molar-refractivity contribution >= 4 is 5.91 Å². The van der Waals surface area contributed by atoms with Crippen LogP contribution in [0.15, 0.2) is 12.2 Å². The van der Waals surface area contributed by atoms with E-state index in [2.05, 4.69) is 11.5 Å². The Bertz CT molecular complexity index is 325. The van der Waals surface area contributed by atoms with E-state index in [1.54, 1.807) is 7.11 Å². The van der Waals surface area contributed by atoms with Crippen molar-refractivity contribution in [2.24, 2.45) is 5.92 Å². The molecule has 1 fully saturated rings. The minimum Gasteiger partial charge on any atom is -0.382 e. The number of carbonyl (C=O) groups excluding carboxylic acids is 1. The van der Waals surface area contributed by atoms with Crippen LogP contribution in [0.3, 0.4) is 0 Å². The van der Waals surface area contributed by atoms with Gasteiger partial charge in [-0.25, -0.2) is 0 Å². The van der Waals surface area contributed by atoms with E-state index in [1.165, 1.54) is 0 Å². The highest BCUT2D eigenvalue weighted by Crippen LogP contribution is 2.14. The summed E-state index contributed by atoms with van der Waals surface area (Å²) in [5.74, 6) is 0.306. The molecule has 0 saturated carbocycles. The number of hydrogen-bond acceptors (Lipinski definition) is 4. The molecule has 1 unspecified atom stereocenters. The quantitative estimate of drug-likeness (QED) is 0.477. The van der Waals surface area contributed by atoms with Crippen LogP contribution in [0.4, 0.5) is 0 Å². The van der Waals surface area contributed by atoms with E-state index >= 15 is 0 Å². The summed E-state index contributed by atoms with van der Waals surface area (Å²) in [5, 5.41) is 0. The number of ether oxygens (including phenoxy) is 2. The molecule has 1 amide bonds. The van der Waals surface area contributed by atoms with Gasteiger partial charge >= 0.3 is 0 Å². The van der Waals surface area contributed by atoms with E-state index in [4.69, 9.17) is 9.47 Å². The van der Waals surface area contributed by atoms with Gasteiger partial charge in [-0.05, 0) is 13.3 Å². The molecule has 0 aromatic rings. The number of carbonyl (C=O) groups is 1. The van der Waals surface area contributed by atoms with Crippen molar-refractivity contribution in [3.8, 4) is 0 Å². The first-order valence-electron chi connectivity index (χ1n) is 7.76. The molecule has 0 bridgehead atoms. The lowest BCUT2D eigenvalue weighted by Gasteiger charge is -2.36. The van der Waals surface area contributed by atoms with Gasteiger partial charge in [-0.1, -0.05) is 12.5 Å². The summed E-state index contributed by atoms with van der Waals surface area (Å²) in [6, 6.07) is 0. The number of amides is 1. The maximum atomic E-state index is 12.3. The number of allylic oxidation sites excluding steroid dienone is 1. The minimum absolute atomic E-state index is 0.0476. The number of rotatable bonds is 9. The summed E-state index contributed by atoms with van der Waals surface area (Å²) in [4.78, 5) is 16.6. The Morgan fingerprint density at radius 1 is 1.19 bits per heavy atom. The van der Waals surface area contributed by atoms with Crippen LogP contribution >= 0.6 is 0 Å². The zero-order valence-corrected chi connectivity index (χ0v) is 13.8. The van der Waals surface area contributed by atoms with Gasteiger partial charge in [-0.15, -0.1) is 6.58 Å². The molecule has 1 atom stereocenters. The molecule has 0 spiro atoms. The Morgan fingerprint density at radius 3 is 2.43 bits per heavy atom. The fourth-order valence-electron chi connectivity index (χ4n) is 2.55. The Hall–Kier alpha value is -0.910.